The SMILES string of the molecule is CCCC(=O)On1nnnc1-c1ccsc1. The van der Waals surface area contributed by atoms with Gasteiger partial charge in [0.1, 0.15) is 0 Å². The third-order valence-electron chi connectivity index (χ3n) is 1.86. The second-order valence-electron chi connectivity index (χ2n) is 3.10. The first kappa shape index (κ1) is 10.7. The molecule has 2 heterocycles. The molecule has 0 saturated carbocycles. The Morgan fingerprint density at radius 1 is 1.62 bits per heavy atom. The second-order valence-corrected chi connectivity index (χ2v) is 3.88. The van der Waals surface area contributed by atoms with Crippen LogP contribution in [-0.2, 0) is 4.79 Å². The summed E-state index contributed by atoms with van der Waals surface area (Å²) in [5, 5.41) is 14.7. The van der Waals surface area contributed by atoms with E-state index in [4.69, 9.17) is 4.84 Å². The molecule has 0 spiro atoms. The van der Waals surface area contributed by atoms with Crippen LogP contribution in [-0.4, -0.2) is 26.3 Å². The zero-order chi connectivity index (χ0) is 11.4. The van der Waals surface area contributed by atoms with Crippen molar-refractivity contribution in [3.05, 3.63) is 16.8 Å². The summed E-state index contributed by atoms with van der Waals surface area (Å²) in [6, 6.07) is 1.86. The molecule has 0 saturated heterocycles. The summed E-state index contributed by atoms with van der Waals surface area (Å²) in [5.41, 5.74) is 0.833. The molecule has 6 nitrogen and oxygen atoms in total. The van der Waals surface area contributed by atoms with Crippen molar-refractivity contribution in [2.45, 2.75) is 19.8 Å². The summed E-state index contributed by atoms with van der Waals surface area (Å²) in [5.74, 6) is 0.0944. The zero-order valence-corrected chi connectivity index (χ0v) is 9.48. The van der Waals surface area contributed by atoms with Crippen molar-refractivity contribution in [2.24, 2.45) is 0 Å². The van der Waals surface area contributed by atoms with Gasteiger partial charge in [-0.05, 0) is 33.1 Å². The Kier molecular flexibility index (Phi) is 3.25. The fraction of sp³-hybridized carbons (Fsp3) is 0.333. The summed E-state index contributed by atoms with van der Waals surface area (Å²) in [6.45, 7) is 1.90. The molecule has 0 N–H and O–H groups in total. The summed E-state index contributed by atoms with van der Waals surface area (Å²) in [6.07, 6.45) is 1.08. The van der Waals surface area contributed by atoms with Crippen molar-refractivity contribution in [3.8, 4) is 11.4 Å². The number of hydrogen-bond acceptors (Lipinski definition) is 6. The van der Waals surface area contributed by atoms with Gasteiger partial charge in [-0.15, -0.1) is 5.10 Å². The van der Waals surface area contributed by atoms with E-state index in [2.05, 4.69) is 15.5 Å². The van der Waals surface area contributed by atoms with E-state index < -0.39 is 0 Å². The number of tetrazole rings is 1. The predicted octanol–water partition coefficient (Wildman–Crippen LogP) is 1.16. The van der Waals surface area contributed by atoms with Crippen molar-refractivity contribution >= 4 is 17.3 Å². The summed E-state index contributed by atoms with van der Waals surface area (Å²) in [7, 11) is 0. The lowest BCUT2D eigenvalue weighted by Crippen LogP contribution is -2.21. The van der Waals surface area contributed by atoms with Crippen molar-refractivity contribution < 1.29 is 9.63 Å². The molecule has 0 atom stereocenters. The minimum absolute atomic E-state index is 0.341. The topological polar surface area (TPSA) is 69.9 Å². The van der Waals surface area contributed by atoms with Crippen molar-refractivity contribution in [1.82, 2.24) is 20.4 Å². The number of carbonyl (C=O) groups excluding carboxylic acids is 1. The second kappa shape index (κ2) is 4.84. The van der Waals surface area contributed by atoms with Gasteiger partial charge in [-0.3, -0.25) is 0 Å². The van der Waals surface area contributed by atoms with Gasteiger partial charge in [0, 0.05) is 17.4 Å². The number of aromatic nitrogens is 4. The lowest BCUT2D eigenvalue weighted by Gasteiger charge is -2.02. The third-order valence-corrected chi connectivity index (χ3v) is 2.55. The third kappa shape index (κ3) is 2.25. The Bertz CT molecular complexity index is 466. The lowest BCUT2D eigenvalue weighted by atomic mass is 10.3. The van der Waals surface area contributed by atoms with Gasteiger partial charge in [0.05, 0.1) is 0 Å². The van der Waals surface area contributed by atoms with E-state index in [0.717, 1.165) is 16.8 Å². The number of hydrogen-bond donors (Lipinski definition) is 0. The highest BCUT2D eigenvalue weighted by Gasteiger charge is 2.13. The summed E-state index contributed by atoms with van der Waals surface area (Å²) < 4.78 is 0. The van der Waals surface area contributed by atoms with Crippen LogP contribution < -0.4 is 4.84 Å². The van der Waals surface area contributed by atoms with Gasteiger partial charge in [-0.25, -0.2) is 4.79 Å². The zero-order valence-electron chi connectivity index (χ0n) is 8.66. The molecule has 7 heteroatoms. The highest BCUT2D eigenvalue weighted by Crippen LogP contribution is 2.17. The highest BCUT2D eigenvalue weighted by atomic mass is 32.1. The molecule has 0 radical (unpaired) electrons. The van der Waals surface area contributed by atoms with Gasteiger partial charge in [0.2, 0.25) is 5.82 Å². The first-order valence-corrected chi connectivity index (χ1v) is 5.77. The molecule has 0 amide bonds. The van der Waals surface area contributed by atoms with Crippen LogP contribution in [0, 0.1) is 0 Å². The van der Waals surface area contributed by atoms with Gasteiger partial charge < -0.3 is 4.84 Å². The van der Waals surface area contributed by atoms with E-state index in [1.54, 1.807) is 0 Å². The summed E-state index contributed by atoms with van der Waals surface area (Å²) >= 11 is 1.53. The van der Waals surface area contributed by atoms with E-state index in [1.165, 1.54) is 11.3 Å². The van der Waals surface area contributed by atoms with Crippen LogP contribution in [0.4, 0.5) is 0 Å². The van der Waals surface area contributed by atoms with Crippen LogP contribution in [0.3, 0.4) is 0 Å². The maximum atomic E-state index is 11.3. The number of rotatable bonds is 4. The van der Waals surface area contributed by atoms with E-state index >= 15 is 0 Å². The first-order chi connectivity index (χ1) is 7.81. The average Bonchev–Trinajstić information content (AvgIpc) is 2.86. The standard InChI is InChI=1S/C9H10N4O2S/c1-2-3-8(14)15-13-9(10-11-12-13)7-4-5-16-6-7/h4-6H,2-3H2,1H3. The summed E-state index contributed by atoms with van der Waals surface area (Å²) in [4.78, 5) is 17.3. The van der Waals surface area contributed by atoms with Gasteiger partial charge >= 0.3 is 5.97 Å². The fourth-order valence-electron chi connectivity index (χ4n) is 1.15. The van der Waals surface area contributed by atoms with Crippen LogP contribution >= 0.6 is 11.3 Å². The monoisotopic (exact) mass is 238 g/mol. The maximum Gasteiger partial charge on any atom is 0.335 e. The number of carbonyl (C=O) groups is 1. The average molecular weight is 238 g/mol. The molecule has 0 fully saturated rings. The lowest BCUT2D eigenvalue weighted by molar-refractivity contribution is -0.145. The van der Waals surface area contributed by atoms with Crippen molar-refractivity contribution in [2.75, 3.05) is 0 Å². The molecule has 2 aromatic heterocycles. The Morgan fingerprint density at radius 3 is 3.19 bits per heavy atom. The minimum Gasteiger partial charge on any atom is -0.316 e. The van der Waals surface area contributed by atoms with Crippen molar-refractivity contribution in [1.29, 1.82) is 0 Å². The molecule has 0 bridgehead atoms. The van der Waals surface area contributed by atoms with Crippen LogP contribution in [0.15, 0.2) is 16.8 Å². The van der Waals surface area contributed by atoms with E-state index in [9.17, 15) is 4.79 Å². The quantitative estimate of drug-likeness (QED) is 0.747. The molecule has 2 aromatic rings. The Labute approximate surface area is 95.8 Å². The minimum atomic E-state index is -0.341. The van der Waals surface area contributed by atoms with Crippen molar-refractivity contribution in [3.63, 3.8) is 0 Å². The van der Waals surface area contributed by atoms with Gasteiger partial charge in [-0.1, -0.05) is 6.92 Å². The van der Waals surface area contributed by atoms with Crippen LogP contribution in [0.1, 0.15) is 19.8 Å². The van der Waals surface area contributed by atoms with Gasteiger partial charge in [0.25, 0.3) is 0 Å². The smallest absolute Gasteiger partial charge is 0.316 e. The predicted molar refractivity (Wildman–Crippen MR) is 57.6 cm³/mol. The Hall–Kier alpha value is -1.76. The molecular weight excluding hydrogens is 228 g/mol. The molecule has 0 aliphatic rings. The number of thiophene rings is 1. The van der Waals surface area contributed by atoms with E-state index in [-0.39, 0.29) is 5.97 Å². The molecule has 2 rings (SSSR count). The fourth-order valence-corrected chi connectivity index (χ4v) is 1.78. The van der Waals surface area contributed by atoms with Gasteiger partial charge in [-0.2, -0.15) is 11.3 Å². The van der Waals surface area contributed by atoms with Crippen LogP contribution in [0.25, 0.3) is 11.4 Å². The van der Waals surface area contributed by atoms with E-state index in [1.807, 2.05) is 23.8 Å². The first-order valence-electron chi connectivity index (χ1n) is 4.83. The molecule has 16 heavy (non-hydrogen) atoms. The Morgan fingerprint density at radius 2 is 2.50 bits per heavy atom. The van der Waals surface area contributed by atoms with Gasteiger partial charge in [0.15, 0.2) is 0 Å². The highest BCUT2D eigenvalue weighted by molar-refractivity contribution is 7.08. The maximum absolute atomic E-state index is 11.3. The largest absolute Gasteiger partial charge is 0.335 e. The van der Waals surface area contributed by atoms with Crippen LogP contribution in [0.2, 0.25) is 0 Å². The Balaban J connectivity index is 2.17. The number of nitrogens with zero attached hydrogens (tertiary/aromatic N) is 4. The normalized spacial score (nSPS) is 10.3. The molecule has 0 aromatic carbocycles. The molecule has 0 aliphatic heterocycles. The van der Waals surface area contributed by atoms with Crippen LogP contribution in [0.5, 0.6) is 0 Å². The molecule has 0 unspecified atom stereocenters. The molecule has 0 aliphatic carbocycles. The van der Waals surface area contributed by atoms with E-state index in [0.29, 0.717) is 12.2 Å². The molecule has 84 valence electrons. The molecular formula is C9H10N4O2S.